The average Bonchev–Trinajstić information content (AvgIpc) is 1.85. The fourth-order valence-corrected chi connectivity index (χ4v) is 2.49. The third-order valence-corrected chi connectivity index (χ3v) is 2.59. The van der Waals surface area contributed by atoms with Gasteiger partial charge >= 0.3 is 0 Å². The highest BCUT2D eigenvalue weighted by atomic mass is 79.9. The number of halogens is 3. The monoisotopic (exact) mass is 293 g/mol. The van der Waals surface area contributed by atoms with Gasteiger partial charge in [0.05, 0.1) is 5.56 Å². The molecule has 1 aromatic carbocycles. The number of hydrogen-bond acceptors (Lipinski definition) is 1. The van der Waals surface area contributed by atoms with E-state index < -0.39 is 0 Å². The van der Waals surface area contributed by atoms with E-state index in [4.69, 9.17) is 16.9 Å². The molecular formula is C7H2Br2ClN. The minimum atomic E-state index is 0.564. The number of rotatable bonds is 0. The first kappa shape index (κ1) is 9.05. The standard InChI is InChI=1S/C7H2Br2ClN/c8-6-1-4(10)2-7(9)5(6)3-11/h1-2H. The quantitative estimate of drug-likeness (QED) is 0.715. The lowest BCUT2D eigenvalue weighted by Crippen LogP contribution is -1.79. The Balaban J connectivity index is 3.40. The number of hydrogen-bond donors (Lipinski definition) is 0. The number of benzene rings is 1. The van der Waals surface area contributed by atoms with E-state index in [-0.39, 0.29) is 0 Å². The summed E-state index contributed by atoms with van der Waals surface area (Å²) in [6, 6.07) is 5.41. The van der Waals surface area contributed by atoms with Crippen LogP contribution in [0.4, 0.5) is 0 Å². The van der Waals surface area contributed by atoms with E-state index in [2.05, 4.69) is 31.9 Å². The van der Waals surface area contributed by atoms with Crippen LogP contribution in [0.15, 0.2) is 21.1 Å². The van der Waals surface area contributed by atoms with Crippen molar-refractivity contribution in [3.63, 3.8) is 0 Å². The molecule has 0 aliphatic rings. The molecule has 0 radical (unpaired) electrons. The summed E-state index contributed by atoms with van der Waals surface area (Å²) in [6.45, 7) is 0. The van der Waals surface area contributed by atoms with Crippen LogP contribution in [0.5, 0.6) is 0 Å². The molecule has 1 rings (SSSR count). The number of nitrogens with zero attached hydrogens (tertiary/aromatic N) is 1. The van der Waals surface area contributed by atoms with E-state index in [1.54, 1.807) is 12.1 Å². The summed E-state index contributed by atoms with van der Waals surface area (Å²) in [6.07, 6.45) is 0. The minimum Gasteiger partial charge on any atom is -0.192 e. The summed E-state index contributed by atoms with van der Waals surface area (Å²) in [4.78, 5) is 0. The lowest BCUT2D eigenvalue weighted by atomic mass is 10.2. The highest BCUT2D eigenvalue weighted by Crippen LogP contribution is 2.28. The summed E-state index contributed by atoms with van der Waals surface area (Å²) in [5, 5.41) is 9.24. The molecule has 0 bridgehead atoms. The molecule has 0 aliphatic heterocycles. The molecule has 0 aromatic heterocycles. The Labute approximate surface area is 86.2 Å². The molecule has 0 atom stereocenters. The second-order valence-electron chi connectivity index (χ2n) is 1.86. The van der Waals surface area contributed by atoms with Crippen molar-refractivity contribution in [2.24, 2.45) is 0 Å². The molecule has 0 heterocycles. The van der Waals surface area contributed by atoms with Crippen LogP contribution in [-0.4, -0.2) is 0 Å². The highest BCUT2D eigenvalue weighted by molar-refractivity contribution is 9.11. The van der Waals surface area contributed by atoms with Gasteiger partial charge in [-0.15, -0.1) is 0 Å². The van der Waals surface area contributed by atoms with Crippen LogP contribution in [0, 0.1) is 11.3 Å². The van der Waals surface area contributed by atoms with E-state index in [0.717, 1.165) is 0 Å². The summed E-state index contributed by atoms with van der Waals surface area (Å²) in [7, 11) is 0. The predicted molar refractivity (Wildman–Crippen MR) is 51.6 cm³/mol. The van der Waals surface area contributed by atoms with Gasteiger partial charge in [-0.1, -0.05) is 11.6 Å². The molecule has 0 saturated heterocycles. The van der Waals surface area contributed by atoms with Crippen LogP contribution in [0.2, 0.25) is 5.02 Å². The van der Waals surface area contributed by atoms with Gasteiger partial charge in [0.1, 0.15) is 6.07 Å². The van der Waals surface area contributed by atoms with E-state index >= 15 is 0 Å². The van der Waals surface area contributed by atoms with Gasteiger partial charge in [-0.05, 0) is 44.0 Å². The first-order chi connectivity index (χ1) is 5.15. The molecule has 4 heteroatoms. The zero-order valence-corrected chi connectivity index (χ0v) is 9.16. The van der Waals surface area contributed by atoms with Crippen molar-refractivity contribution >= 4 is 43.5 Å². The molecule has 0 spiro atoms. The molecule has 0 amide bonds. The highest BCUT2D eigenvalue weighted by Gasteiger charge is 2.04. The largest absolute Gasteiger partial charge is 0.192 e. The zero-order valence-electron chi connectivity index (χ0n) is 5.24. The maximum atomic E-state index is 8.64. The summed E-state index contributed by atoms with van der Waals surface area (Å²) >= 11 is 12.2. The van der Waals surface area contributed by atoms with Crippen molar-refractivity contribution in [2.75, 3.05) is 0 Å². The Morgan fingerprint density at radius 2 is 1.73 bits per heavy atom. The summed E-state index contributed by atoms with van der Waals surface area (Å²) < 4.78 is 1.42. The van der Waals surface area contributed by atoms with Crippen molar-refractivity contribution in [1.29, 1.82) is 5.26 Å². The fourth-order valence-electron chi connectivity index (χ4n) is 0.649. The fraction of sp³-hybridized carbons (Fsp3) is 0. The maximum absolute atomic E-state index is 8.64. The SMILES string of the molecule is N#Cc1c(Br)cc(Cl)cc1Br. The van der Waals surface area contributed by atoms with Crippen LogP contribution in [-0.2, 0) is 0 Å². The summed E-state index contributed by atoms with van der Waals surface area (Å²) in [5.74, 6) is 0. The molecule has 56 valence electrons. The second kappa shape index (κ2) is 3.57. The van der Waals surface area contributed by atoms with E-state index in [0.29, 0.717) is 19.5 Å². The van der Waals surface area contributed by atoms with Gasteiger partial charge in [0.2, 0.25) is 0 Å². The predicted octanol–water partition coefficient (Wildman–Crippen LogP) is 3.74. The Hall–Kier alpha value is -0.0400. The Kier molecular flexibility index (Phi) is 2.94. The Bertz CT molecular complexity index is 307. The first-order valence-electron chi connectivity index (χ1n) is 2.70. The average molecular weight is 295 g/mol. The van der Waals surface area contributed by atoms with Gasteiger partial charge in [-0.25, -0.2) is 0 Å². The van der Waals surface area contributed by atoms with Crippen molar-refractivity contribution in [1.82, 2.24) is 0 Å². The summed E-state index contributed by atoms with van der Waals surface area (Å²) in [5.41, 5.74) is 0.564. The molecule has 0 saturated carbocycles. The van der Waals surface area contributed by atoms with Gasteiger partial charge in [-0.2, -0.15) is 5.26 Å². The van der Waals surface area contributed by atoms with Crippen molar-refractivity contribution in [3.05, 3.63) is 31.7 Å². The van der Waals surface area contributed by atoms with Crippen LogP contribution >= 0.6 is 43.5 Å². The van der Waals surface area contributed by atoms with E-state index in [9.17, 15) is 0 Å². The number of nitriles is 1. The minimum absolute atomic E-state index is 0.564. The molecular weight excluding hydrogens is 293 g/mol. The van der Waals surface area contributed by atoms with E-state index in [1.807, 2.05) is 6.07 Å². The normalized spacial score (nSPS) is 9.27. The first-order valence-corrected chi connectivity index (χ1v) is 4.66. The smallest absolute Gasteiger partial charge is 0.102 e. The molecule has 1 nitrogen and oxygen atoms in total. The van der Waals surface area contributed by atoms with Crippen LogP contribution in [0.25, 0.3) is 0 Å². The van der Waals surface area contributed by atoms with Crippen molar-refractivity contribution in [3.8, 4) is 6.07 Å². The van der Waals surface area contributed by atoms with Gasteiger partial charge in [0.15, 0.2) is 0 Å². The maximum Gasteiger partial charge on any atom is 0.102 e. The van der Waals surface area contributed by atoms with Crippen molar-refractivity contribution < 1.29 is 0 Å². The van der Waals surface area contributed by atoms with Crippen LogP contribution < -0.4 is 0 Å². The lowest BCUT2D eigenvalue weighted by Gasteiger charge is -1.98. The Morgan fingerprint density at radius 3 is 2.09 bits per heavy atom. The van der Waals surface area contributed by atoms with Crippen LogP contribution in [0.1, 0.15) is 5.56 Å². The second-order valence-corrected chi connectivity index (χ2v) is 4.00. The van der Waals surface area contributed by atoms with Gasteiger partial charge in [-0.3, -0.25) is 0 Å². The van der Waals surface area contributed by atoms with E-state index in [1.165, 1.54) is 0 Å². The third kappa shape index (κ3) is 1.96. The van der Waals surface area contributed by atoms with Crippen molar-refractivity contribution in [2.45, 2.75) is 0 Å². The van der Waals surface area contributed by atoms with Gasteiger partial charge < -0.3 is 0 Å². The molecule has 1 aromatic rings. The Morgan fingerprint density at radius 1 is 1.27 bits per heavy atom. The van der Waals surface area contributed by atoms with Crippen LogP contribution in [0.3, 0.4) is 0 Å². The van der Waals surface area contributed by atoms with Gasteiger partial charge in [0.25, 0.3) is 0 Å². The lowest BCUT2D eigenvalue weighted by molar-refractivity contribution is 1.44. The topological polar surface area (TPSA) is 23.8 Å². The van der Waals surface area contributed by atoms with Gasteiger partial charge in [0, 0.05) is 14.0 Å². The molecule has 11 heavy (non-hydrogen) atoms. The molecule has 0 N–H and O–H groups in total. The molecule has 0 unspecified atom stereocenters. The third-order valence-electron chi connectivity index (χ3n) is 1.12. The zero-order chi connectivity index (χ0) is 8.43. The molecule has 0 fully saturated rings. The molecule has 0 aliphatic carbocycles.